The molecule has 1 N–H and O–H groups in total. The van der Waals surface area contributed by atoms with Crippen LogP contribution in [-0.4, -0.2) is 59.1 Å². The van der Waals surface area contributed by atoms with Crippen molar-refractivity contribution in [1.29, 1.82) is 0 Å². The summed E-state index contributed by atoms with van der Waals surface area (Å²) in [5, 5.41) is 6.16. The van der Waals surface area contributed by atoms with Gasteiger partial charge in [0.2, 0.25) is 0 Å². The van der Waals surface area contributed by atoms with Crippen LogP contribution in [0.25, 0.3) is 0 Å². The van der Waals surface area contributed by atoms with Gasteiger partial charge in [0.15, 0.2) is 0 Å². The maximum Gasteiger partial charge on any atom is 0.317 e. The topological polar surface area (TPSA) is 48.5 Å². The van der Waals surface area contributed by atoms with Crippen LogP contribution >= 0.6 is 11.3 Å². The predicted octanol–water partition coefficient (Wildman–Crippen LogP) is 2.26. The third kappa shape index (κ3) is 3.60. The minimum absolute atomic E-state index is 0.0780. The number of amides is 2. The van der Waals surface area contributed by atoms with Gasteiger partial charge < -0.3 is 10.2 Å². The van der Waals surface area contributed by atoms with Gasteiger partial charge >= 0.3 is 6.03 Å². The summed E-state index contributed by atoms with van der Waals surface area (Å²) in [6.45, 7) is 7.95. The summed E-state index contributed by atoms with van der Waals surface area (Å²) in [5.74, 6) is 0. The third-order valence-corrected chi connectivity index (χ3v) is 5.78. The van der Waals surface area contributed by atoms with Gasteiger partial charge in [0.25, 0.3) is 0 Å². The first-order chi connectivity index (χ1) is 10.6. The van der Waals surface area contributed by atoms with Crippen molar-refractivity contribution in [2.45, 2.75) is 51.6 Å². The second-order valence-electron chi connectivity index (χ2n) is 6.51. The van der Waals surface area contributed by atoms with Crippen molar-refractivity contribution in [1.82, 2.24) is 20.1 Å². The molecule has 2 aliphatic rings. The van der Waals surface area contributed by atoms with Crippen LogP contribution in [0.15, 0.2) is 5.38 Å². The average molecular weight is 322 g/mol. The lowest BCUT2D eigenvalue weighted by atomic mass is 9.98. The van der Waals surface area contributed by atoms with Gasteiger partial charge in [0.1, 0.15) is 0 Å². The highest BCUT2D eigenvalue weighted by molar-refractivity contribution is 7.09. The van der Waals surface area contributed by atoms with E-state index in [1.165, 1.54) is 25.8 Å². The molecule has 0 aromatic carbocycles. The van der Waals surface area contributed by atoms with Gasteiger partial charge in [-0.25, -0.2) is 9.78 Å². The van der Waals surface area contributed by atoms with E-state index in [0.29, 0.717) is 18.6 Å². The van der Waals surface area contributed by atoms with Crippen LogP contribution in [0.1, 0.15) is 36.9 Å². The van der Waals surface area contributed by atoms with E-state index in [4.69, 9.17) is 0 Å². The number of rotatable bonds is 4. The first-order valence-electron chi connectivity index (χ1n) is 8.33. The predicted molar refractivity (Wildman–Crippen MR) is 89.3 cm³/mol. The summed E-state index contributed by atoms with van der Waals surface area (Å²) in [6, 6.07) is 1.33. The molecule has 122 valence electrons. The lowest BCUT2D eigenvalue weighted by Gasteiger charge is -2.49. The molecule has 0 spiro atoms. The molecule has 1 aromatic rings. The number of nitrogens with one attached hydrogen (secondary N) is 1. The number of hydrogen-bond donors (Lipinski definition) is 1. The van der Waals surface area contributed by atoms with Crippen molar-refractivity contribution in [3.63, 3.8) is 0 Å². The van der Waals surface area contributed by atoms with Gasteiger partial charge in [0, 0.05) is 49.2 Å². The maximum atomic E-state index is 12.1. The van der Waals surface area contributed by atoms with Gasteiger partial charge in [-0.1, -0.05) is 6.42 Å². The van der Waals surface area contributed by atoms with Gasteiger partial charge in [-0.15, -0.1) is 11.3 Å². The summed E-state index contributed by atoms with van der Waals surface area (Å²) >= 11 is 1.67. The number of carbonyl (C=O) groups excluding carboxylic acids is 1. The first kappa shape index (κ1) is 15.7. The number of likely N-dealkylation sites (tertiary alicyclic amines) is 2. The molecule has 0 radical (unpaired) electrons. The summed E-state index contributed by atoms with van der Waals surface area (Å²) in [7, 11) is 0. The molecule has 1 aromatic heterocycles. The second-order valence-corrected chi connectivity index (χ2v) is 7.45. The zero-order valence-corrected chi connectivity index (χ0v) is 14.4. The van der Waals surface area contributed by atoms with E-state index in [2.05, 4.69) is 27.5 Å². The molecule has 0 unspecified atom stereocenters. The van der Waals surface area contributed by atoms with Crippen molar-refractivity contribution in [2.75, 3.05) is 26.2 Å². The van der Waals surface area contributed by atoms with Crippen LogP contribution in [0, 0.1) is 6.92 Å². The van der Waals surface area contributed by atoms with Crippen LogP contribution in [0.2, 0.25) is 0 Å². The minimum atomic E-state index is 0.0780. The van der Waals surface area contributed by atoms with Crippen LogP contribution in [0.4, 0.5) is 4.79 Å². The third-order valence-electron chi connectivity index (χ3n) is 4.75. The highest BCUT2D eigenvalue weighted by Gasteiger charge is 2.37. The number of hydrogen-bond acceptors (Lipinski definition) is 4. The molecule has 5 nitrogen and oxygen atoms in total. The zero-order valence-electron chi connectivity index (χ0n) is 13.5. The van der Waals surface area contributed by atoms with Gasteiger partial charge in [-0.3, -0.25) is 4.90 Å². The van der Waals surface area contributed by atoms with Crippen LogP contribution < -0.4 is 5.32 Å². The summed E-state index contributed by atoms with van der Waals surface area (Å²) < 4.78 is 0. The smallest absolute Gasteiger partial charge is 0.317 e. The zero-order chi connectivity index (χ0) is 15.5. The van der Waals surface area contributed by atoms with Crippen LogP contribution in [-0.2, 0) is 6.42 Å². The molecule has 2 aliphatic heterocycles. The van der Waals surface area contributed by atoms with Crippen LogP contribution in [0.5, 0.6) is 0 Å². The Morgan fingerprint density at radius 3 is 2.95 bits per heavy atom. The van der Waals surface area contributed by atoms with E-state index in [0.717, 1.165) is 30.2 Å². The molecule has 0 aliphatic carbocycles. The maximum absolute atomic E-state index is 12.1. The molecule has 3 rings (SSSR count). The molecule has 1 atom stereocenters. The number of urea groups is 1. The fraction of sp³-hybridized carbons (Fsp3) is 0.750. The Balaban J connectivity index is 1.36. The summed E-state index contributed by atoms with van der Waals surface area (Å²) in [5.41, 5.74) is 1.06. The monoisotopic (exact) mass is 322 g/mol. The van der Waals surface area contributed by atoms with E-state index >= 15 is 0 Å². The Morgan fingerprint density at radius 2 is 2.27 bits per heavy atom. The highest BCUT2D eigenvalue weighted by atomic mass is 32.1. The lowest BCUT2D eigenvalue weighted by molar-refractivity contribution is 0.0170. The summed E-state index contributed by atoms with van der Waals surface area (Å²) in [4.78, 5) is 21.0. The normalized spacial score (nSPS) is 23.4. The van der Waals surface area contributed by atoms with E-state index < -0.39 is 0 Å². The Morgan fingerprint density at radius 1 is 1.45 bits per heavy atom. The van der Waals surface area contributed by atoms with E-state index in [1.54, 1.807) is 11.3 Å². The van der Waals surface area contributed by atoms with Crippen molar-refractivity contribution in [2.24, 2.45) is 0 Å². The van der Waals surface area contributed by atoms with Crippen molar-refractivity contribution >= 4 is 17.4 Å². The van der Waals surface area contributed by atoms with Gasteiger partial charge in [0.05, 0.1) is 5.01 Å². The molecular weight excluding hydrogens is 296 g/mol. The Hall–Kier alpha value is -1.14. The number of thiazole rings is 1. The molecular formula is C16H26N4OS. The highest BCUT2D eigenvalue weighted by Crippen LogP contribution is 2.24. The molecule has 2 amide bonds. The number of piperidine rings is 1. The second kappa shape index (κ2) is 6.96. The fourth-order valence-corrected chi connectivity index (χ4v) is 4.18. The number of aryl methyl sites for hydroxylation is 1. The Bertz CT molecular complexity index is 512. The fourth-order valence-electron chi connectivity index (χ4n) is 3.40. The van der Waals surface area contributed by atoms with Gasteiger partial charge in [-0.2, -0.15) is 0 Å². The van der Waals surface area contributed by atoms with E-state index in [1.807, 2.05) is 11.8 Å². The first-order valence-corrected chi connectivity index (χ1v) is 9.21. The molecule has 3 heterocycles. The largest absolute Gasteiger partial charge is 0.338 e. The quantitative estimate of drug-likeness (QED) is 0.925. The molecule has 0 bridgehead atoms. The molecule has 2 fully saturated rings. The lowest BCUT2D eigenvalue weighted by Crippen LogP contribution is -2.65. The van der Waals surface area contributed by atoms with Gasteiger partial charge in [-0.05, 0) is 33.2 Å². The minimum Gasteiger partial charge on any atom is -0.338 e. The van der Waals surface area contributed by atoms with E-state index in [-0.39, 0.29) is 6.03 Å². The number of aromatic nitrogens is 1. The Labute approximate surface area is 136 Å². The molecule has 0 saturated carbocycles. The van der Waals surface area contributed by atoms with Crippen molar-refractivity contribution in [3.8, 4) is 0 Å². The summed E-state index contributed by atoms with van der Waals surface area (Å²) in [6.07, 6.45) is 4.78. The SMILES string of the molecule is Cc1csc(CCNC(=O)N2CC(N3CCCC[C@H]3C)C2)n1. The number of nitrogens with zero attached hydrogens (tertiary/aromatic N) is 3. The van der Waals surface area contributed by atoms with E-state index in [9.17, 15) is 4.79 Å². The van der Waals surface area contributed by atoms with Crippen molar-refractivity contribution < 1.29 is 4.79 Å². The molecule has 2 saturated heterocycles. The Kier molecular flexibility index (Phi) is 4.98. The van der Waals surface area contributed by atoms with Crippen LogP contribution in [0.3, 0.4) is 0 Å². The number of carbonyl (C=O) groups is 1. The molecule has 22 heavy (non-hydrogen) atoms. The average Bonchev–Trinajstić information content (AvgIpc) is 2.85. The molecule has 6 heteroatoms. The standard InChI is InChI=1S/C16H26N4OS/c1-12-11-22-15(18-12)6-7-17-16(21)19-9-14(10-19)20-8-4-3-5-13(20)2/h11,13-14H,3-10H2,1-2H3,(H,17,21)/t13-/m1/s1. The van der Waals surface area contributed by atoms with Crippen molar-refractivity contribution in [3.05, 3.63) is 16.1 Å².